The standard InChI is InChI=1S/C19H29N3O2S/c20-18(24)17-14-10-6-7-11-15(14)25-19(17)22-16(23)12-21-13-8-4-2-1-3-5-9-13/h13,21H,1-12H2,(H2,20,24)(H,22,23)/p+1. The fourth-order valence-electron chi connectivity index (χ4n) is 4.09. The van der Waals surface area contributed by atoms with Crippen LogP contribution in [0.4, 0.5) is 5.00 Å². The van der Waals surface area contributed by atoms with E-state index in [1.165, 1.54) is 61.2 Å². The third-order valence-electron chi connectivity index (χ3n) is 5.46. The van der Waals surface area contributed by atoms with Crippen molar-refractivity contribution in [2.24, 2.45) is 5.73 Å². The average Bonchev–Trinajstić information content (AvgIpc) is 2.91. The largest absolute Gasteiger partial charge is 0.365 e. The fraction of sp³-hybridized carbons (Fsp3) is 0.684. The maximum atomic E-state index is 12.4. The summed E-state index contributed by atoms with van der Waals surface area (Å²) >= 11 is 1.54. The van der Waals surface area contributed by atoms with E-state index in [0.29, 0.717) is 23.2 Å². The molecule has 1 aromatic heterocycles. The number of primary amides is 1. The SMILES string of the molecule is NC(=O)c1c(NC(=O)C[NH2+]C2CCCCCCC2)sc2c1CCCC2. The van der Waals surface area contributed by atoms with Crippen LogP contribution < -0.4 is 16.4 Å². The van der Waals surface area contributed by atoms with Crippen LogP contribution in [-0.4, -0.2) is 24.4 Å². The van der Waals surface area contributed by atoms with Crippen LogP contribution in [0.1, 0.15) is 78.6 Å². The van der Waals surface area contributed by atoms with Gasteiger partial charge in [-0.15, -0.1) is 11.3 Å². The minimum absolute atomic E-state index is 0.0249. The lowest BCUT2D eigenvalue weighted by Gasteiger charge is -2.18. The molecule has 0 atom stereocenters. The molecule has 5 nitrogen and oxygen atoms in total. The summed E-state index contributed by atoms with van der Waals surface area (Å²) < 4.78 is 0. The van der Waals surface area contributed by atoms with Crippen LogP contribution in [-0.2, 0) is 17.6 Å². The summed E-state index contributed by atoms with van der Waals surface area (Å²) in [5, 5.41) is 5.81. The zero-order valence-electron chi connectivity index (χ0n) is 14.9. The number of fused-ring (bicyclic) bond motifs is 1. The second-order valence-electron chi connectivity index (χ2n) is 7.37. The molecule has 2 amide bonds. The van der Waals surface area contributed by atoms with E-state index in [9.17, 15) is 9.59 Å². The van der Waals surface area contributed by atoms with E-state index in [1.807, 2.05) is 0 Å². The van der Waals surface area contributed by atoms with Gasteiger partial charge >= 0.3 is 0 Å². The molecule has 0 aliphatic heterocycles. The van der Waals surface area contributed by atoms with Gasteiger partial charge in [0.1, 0.15) is 5.00 Å². The molecule has 0 saturated heterocycles. The number of thiophene rings is 1. The Morgan fingerprint density at radius 3 is 2.44 bits per heavy atom. The van der Waals surface area contributed by atoms with E-state index in [0.717, 1.165) is 31.2 Å². The van der Waals surface area contributed by atoms with Crippen LogP contribution in [0.15, 0.2) is 0 Å². The van der Waals surface area contributed by atoms with E-state index in [4.69, 9.17) is 5.73 Å². The first-order valence-corrected chi connectivity index (χ1v) is 10.5. The van der Waals surface area contributed by atoms with Crippen molar-refractivity contribution >= 4 is 28.2 Å². The molecular formula is C19H30N3O2S+. The Morgan fingerprint density at radius 1 is 1.04 bits per heavy atom. The third-order valence-corrected chi connectivity index (χ3v) is 6.66. The highest BCUT2D eigenvalue weighted by Crippen LogP contribution is 2.37. The molecule has 0 bridgehead atoms. The van der Waals surface area contributed by atoms with Gasteiger partial charge in [0.15, 0.2) is 6.54 Å². The third kappa shape index (κ3) is 4.82. The van der Waals surface area contributed by atoms with Crippen molar-refractivity contribution in [2.75, 3.05) is 11.9 Å². The van der Waals surface area contributed by atoms with E-state index < -0.39 is 5.91 Å². The highest BCUT2D eigenvalue weighted by Gasteiger charge is 2.25. The van der Waals surface area contributed by atoms with Crippen LogP contribution >= 0.6 is 11.3 Å². The van der Waals surface area contributed by atoms with Crippen molar-refractivity contribution in [3.63, 3.8) is 0 Å². The lowest BCUT2D eigenvalue weighted by Crippen LogP contribution is -2.91. The molecule has 1 saturated carbocycles. The van der Waals surface area contributed by atoms with Gasteiger partial charge < -0.3 is 16.4 Å². The Kier molecular flexibility index (Phi) is 6.48. The molecule has 0 radical (unpaired) electrons. The molecule has 2 aliphatic rings. The summed E-state index contributed by atoms with van der Waals surface area (Å²) in [6, 6.07) is 0.554. The van der Waals surface area contributed by atoms with Crippen LogP contribution in [0.2, 0.25) is 0 Å². The summed E-state index contributed by atoms with van der Waals surface area (Å²) in [6.07, 6.45) is 13.1. The Balaban J connectivity index is 1.59. The smallest absolute Gasteiger partial charge is 0.280 e. The van der Waals surface area contributed by atoms with Gasteiger partial charge in [-0.05, 0) is 56.9 Å². The number of rotatable bonds is 5. The number of hydrogen-bond acceptors (Lipinski definition) is 3. The summed E-state index contributed by atoms with van der Waals surface area (Å²) in [7, 11) is 0. The minimum Gasteiger partial charge on any atom is -0.365 e. The molecule has 138 valence electrons. The quantitative estimate of drug-likeness (QED) is 0.749. The van der Waals surface area contributed by atoms with E-state index in [2.05, 4.69) is 10.6 Å². The van der Waals surface area contributed by atoms with Gasteiger partial charge in [0.25, 0.3) is 11.8 Å². The molecular weight excluding hydrogens is 334 g/mol. The van der Waals surface area contributed by atoms with Crippen molar-refractivity contribution in [1.82, 2.24) is 0 Å². The number of carbonyl (C=O) groups is 2. The van der Waals surface area contributed by atoms with Crippen LogP contribution in [0.5, 0.6) is 0 Å². The van der Waals surface area contributed by atoms with Crippen LogP contribution in [0, 0.1) is 0 Å². The molecule has 5 N–H and O–H groups in total. The Bertz CT molecular complexity index is 618. The number of nitrogens with one attached hydrogen (secondary N) is 1. The number of aryl methyl sites for hydroxylation is 1. The Hall–Kier alpha value is -1.40. The number of carbonyl (C=O) groups excluding carboxylic acids is 2. The molecule has 0 spiro atoms. The monoisotopic (exact) mass is 364 g/mol. The molecule has 1 fully saturated rings. The number of quaternary nitrogens is 1. The zero-order valence-corrected chi connectivity index (χ0v) is 15.8. The molecule has 1 aromatic rings. The van der Waals surface area contributed by atoms with Gasteiger partial charge in [0.05, 0.1) is 11.6 Å². The predicted octanol–water partition coefficient (Wildman–Crippen LogP) is 2.34. The first kappa shape index (κ1) is 18.4. The number of hydrogen-bond donors (Lipinski definition) is 3. The van der Waals surface area contributed by atoms with Gasteiger partial charge in [-0.25, -0.2) is 0 Å². The first-order valence-electron chi connectivity index (χ1n) is 9.72. The van der Waals surface area contributed by atoms with Crippen molar-refractivity contribution in [3.05, 3.63) is 16.0 Å². The fourth-order valence-corrected chi connectivity index (χ4v) is 5.40. The van der Waals surface area contributed by atoms with Crippen LogP contribution in [0.25, 0.3) is 0 Å². The maximum Gasteiger partial charge on any atom is 0.280 e. The van der Waals surface area contributed by atoms with Crippen molar-refractivity contribution < 1.29 is 14.9 Å². The lowest BCUT2D eigenvalue weighted by atomic mass is 9.95. The topological polar surface area (TPSA) is 88.8 Å². The highest BCUT2D eigenvalue weighted by molar-refractivity contribution is 7.17. The normalized spacial score (nSPS) is 18.9. The Morgan fingerprint density at radius 2 is 1.72 bits per heavy atom. The number of anilines is 1. The van der Waals surface area contributed by atoms with E-state index in [1.54, 1.807) is 0 Å². The second kappa shape index (κ2) is 8.81. The van der Waals surface area contributed by atoms with Crippen molar-refractivity contribution in [2.45, 2.75) is 76.7 Å². The van der Waals surface area contributed by atoms with E-state index in [-0.39, 0.29) is 5.91 Å². The minimum atomic E-state index is -0.418. The van der Waals surface area contributed by atoms with Gasteiger partial charge in [-0.1, -0.05) is 19.3 Å². The van der Waals surface area contributed by atoms with E-state index >= 15 is 0 Å². The molecule has 2 aliphatic carbocycles. The number of nitrogens with two attached hydrogens (primary N) is 2. The first-order chi connectivity index (χ1) is 12.1. The zero-order chi connectivity index (χ0) is 17.6. The summed E-state index contributed by atoms with van der Waals surface area (Å²) in [5.74, 6) is -0.443. The summed E-state index contributed by atoms with van der Waals surface area (Å²) in [4.78, 5) is 25.5. The molecule has 0 aromatic carbocycles. The second-order valence-corrected chi connectivity index (χ2v) is 8.48. The maximum absolute atomic E-state index is 12.4. The molecule has 6 heteroatoms. The number of amides is 2. The van der Waals surface area contributed by atoms with Gasteiger partial charge in [-0.2, -0.15) is 0 Å². The van der Waals surface area contributed by atoms with Crippen molar-refractivity contribution in [3.8, 4) is 0 Å². The molecule has 1 heterocycles. The highest BCUT2D eigenvalue weighted by atomic mass is 32.1. The van der Waals surface area contributed by atoms with Gasteiger partial charge in [0, 0.05) is 4.88 Å². The average molecular weight is 365 g/mol. The molecule has 25 heavy (non-hydrogen) atoms. The van der Waals surface area contributed by atoms with Crippen LogP contribution in [0.3, 0.4) is 0 Å². The lowest BCUT2D eigenvalue weighted by molar-refractivity contribution is -0.680. The summed E-state index contributed by atoms with van der Waals surface area (Å²) in [5.41, 5.74) is 7.22. The van der Waals surface area contributed by atoms with Gasteiger partial charge in [-0.3, -0.25) is 9.59 Å². The van der Waals surface area contributed by atoms with Crippen molar-refractivity contribution in [1.29, 1.82) is 0 Å². The molecule has 0 unspecified atom stereocenters. The predicted molar refractivity (Wildman–Crippen MR) is 101 cm³/mol. The van der Waals surface area contributed by atoms with Gasteiger partial charge in [0.2, 0.25) is 0 Å². The summed E-state index contributed by atoms with van der Waals surface area (Å²) in [6.45, 7) is 0.422. The molecule has 3 rings (SSSR count). The Labute approximate surface area is 153 Å².